The first-order valence-corrected chi connectivity index (χ1v) is 9.08. The molecule has 0 aromatic carbocycles. The number of aromatic nitrogens is 1. The summed E-state index contributed by atoms with van der Waals surface area (Å²) in [7, 11) is 0. The van der Waals surface area contributed by atoms with E-state index in [9.17, 15) is 4.79 Å². The number of rotatable bonds is 3. The second kappa shape index (κ2) is 7.70. The molecule has 3 rings (SSSR count). The van der Waals surface area contributed by atoms with E-state index in [1.807, 2.05) is 35.9 Å². The van der Waals surface area contributed by atoms with E-state index in [1.165, 1.54) is 11.3 Å². The van der Waals surface area contributed by atoms with Gasteiger partial charge < -0.3 is 4.42 Å². The fraction of sp³-hybridized carbons (Fsp3) is 0.143. The first-order valence-electron chi connectivity index (χ1n) is 5.79. The van der Waals surface area contributed by atoms with Crippen LogP contribution in [0.2, 0.25) is 0 Å². The summed E-state index contributed by atoms with van der Waals surface area (Å²) in [5.74, 6) is 1.68. The first kappa shape index (κ1) is 15.4. The van der Waals surface area contributed by atoms with E-state index in [-0.39, 0.29) is 0 Å². The van der Waals surface area contributed by atoms with Gasteiger partial charge >= 0.3 is 0 Å². The largest absolute Gasteiger partial charge is 0.440 e. The predicted octanol–water partition coefficient (Wildman–Crippen LogP) is 5.21. The molecule has 0 aliphatic rings. The van der Waals surface area contributed by atoms with Gasteiger partial charge in [-0.3, -0.25) is 4.79 Å². The minimum Gasteiger partial charge on any atom is -0.440 e. The molecule has 0 aliphatic carbocycles. The van der Waals surface area contributed by atoms with Gasteiger partial charge in [-0.2, -0.15) is 0 Å². The van der Waals surface area contributed by atoms with Gasteiger partial charge in [0.25, 0.3) is 0 Å². The third-order valence-corrected chi connectivity index (χ3v) is 4.79. The maximum atomic E-state index is 9.88. The van der Waals surface area contributed by atoms with Crippen molar-refractivity contribution in [2.45, 2.75) is 11.4 Å². The van der Waals surface area contributed by atoms with Gasteiger partial charge in [0.05, 0.1) is 15.4 Å². The monoisotopic (exact) mass is 417 g/mol. The number of hydrogen-bond acceptors (Lipinski definition) is 5. The Bertz CT molecular complexity index is 645. The highest BCUT2D eigenvalue weighted by Crippen LogP contribution is 2.26. The lowest BCUT2D eigenvalue weighted by Crippen LogP contribution is -1.78. The molecule has 3 aromatic heterocycles. The van der Waals surface area contributed by atoms with E-state index < -0.39 is 0 Å². The number of alkyl halides is 1. The number of nitrogens with zero attached hydrogens (tertiary/aromatic N) is 1. The molecule has 104 valence electrons. The van der Waals surface area contributed by atoms with Crippen molar-refractivity contribution in [3.8, 4) is 10.8 Å². The average Bonchev–Trinajstić information content (AvgIpc) is 3.20. The quantitative estimate of drug-likeness (QED) is 0.334. The Balaban J connectivity index is 0.000000178. The number of carbonyl (C=O) groups excluding carboxylic acids is 1. The van der Waals surface area contributed by atoms with Crippen LogP contribution < -0.4 is 0 Å². The minimum absolute atomic E-state index is 0.749. The summed E-state index contributed by atoms with van der Waals surface area (Å²) >= 11 is 5.40. The van der Waals surface area contributed by atoms with Crippen molar-refractivity contribution in [2.24, 2.45) is 0 Å². The van der Waals surface area contributed by atoms with Crippen LogP contribution in [0.3, 0.4) is 0 Å². The average molecular weight is 417 g/mol. The molecule has 0 N–H and O–H groups in total. The molecule has 0 spiro atoms. The molecule has 0 bridgehead atoms. The van der Waals surface area contributed by atoms with Crippen molar-refractivity contribution in [3.63, 3.8) is 0 Å². The Hall–Kier alpha value is -0.990. The van der Waals surface area contributed by atoms with E-state index in [0.29, 0.717) is 0 Å². The van der Waals surface area contributed by atoms with Gasteiger partial charge in [-0.05, 0) is 29.8 Å². The summed E-state index contributed by atoms with van der Waals surface area (Å²) in [6.07, 6.45) is 0.852. The van der Waals surface area contributed by atoms with Gasteiger partial charge in [0.15, 0.2) is 6.29 Å². The lowest BCUT2D eigenvalue weighted by molar-refractivity contribution is 0.112. The van der Waals surface area contributed by atoms with E-state index in [2.05, 4.69) is 27.6 Å². The number of halogens is 1. The molecule has 0 amide bonds. The third-order valence-electron chi connectivity index (χ3n) is 2.41. The molecular weight excluding hydrogens is 405 g/mol. The molecule has 0 aliphatic heterocycles. The number of oxazole rings is 1. The standard InChI is InChI=1S/C9H8INOS.C5H4OS/c1-6-7(5-10)11-9(12-6)8-3-2-4-13-8;6-4-5-2-1-3-7-5/h2-4H,5H2,1H3;1-4H. The molecule has 3 nitrogen and oxygen atoms in total. The van der Waals surface area contributed by atoms with Gasteiger partial charge in [0, 0.05) is 4.43 Å². The Morgan fingerprint density at radius 3 is 2.50 bits per heavy atom. The van der Waals surface area contributed by atoms with Crippen molar-refractivity contribution in [1.29, 1.82) is 0 Å². The SMILES string of the molecule is Cc1oc(-c2cccs2)nc1CI.O=Cc1cccs1. The molecule has 0 fully saturated rings. The Morgan fingerprint density at radius 1 is 1.30 bits per heavy atom. The van der Waals surface area contributed by atoms with Crippen molar-refractivity contribution in [3.05, 3.63) is 51.4 Å². The van der Waals surface area contributed by atoms with Crippen LogP contribution in [-0.4, -0.2) is 11.3 Å². The Kier molecular flexibility index (Phi) is 5.93. The van der Waals surface area contributed by atoms with E-state index >= 15 is 0 Å². The fourth-order valence-corrected chi connectivity index (χ4v) is 3.30. The lowest BCUT2D eigenvalue weighted by Gasteiger charge is -1.84. The first-order chi connectivity index (χ1) is 9.74. The number of aldehydes is 1. The number of thiophene rings is 2. The highest BCUT2D eigenvalue weighted by atomic mass is 127. The summed E-state index contributed by atoms with van der Waals surface area (Å²) in [5, 5.41) is 3.91. The van der Waals surface area contributed by atoms with Gasteiger partial charge in [0.1, 0.15) is 5.76 Å². The van der Waals surface area contributed by atoms with Crippen molar-refractivity contribution in [1.82, 2.24) is 4.98 Å². The summed E-state index contributed by atoms with van der Waals surface area (Å²) < 4.78 is 6.45. The fourth-order valence-electron chi connectivity index (χ4n) is 1.42. The summed E-state index contributed by atoms with van der Waals surface area (Å²) in [6.45, 7) is 1.96. The van der Waals surface area contributed by atoms with E-state index in [1.54, 1.807) is 17.4 Å². The lowest BCUT2D eigenvalue weighted by atomic mass is 10.4. The molecule has 0 unspecified atom stereocenters. The van der Waals surface area contributed by atoms with Crippen LogP contribution in [0.1, 0.15) is 21.1 Å². The maximum absolute atomic E-state index is 9.88. The summed E-state index contributed by atoms with van der Waals surface area (Å²) in [4.78, 5) is 16.2. The Labute approximate surface area is 138 Å². The van der Waals surface area contributed by atoms with Crippen LogP contribution in [0, 0.1) is 6.92 Å². The van der Waals surface area contributed by atoms with Crippen molar-refractivity contribution in [2.75, 3.05) is 0 Å². The molecular formula is C14H12INO2S2. The van der Waals surface area contributed by atoms with Crippen molar-refractivity contribution >= 4 is 51.6 Å². The molecule has 0 radical (unpaired) electrons. The molecule has 3 heterocycles. The maximum Gasteiger partial charge on any atom is 0.236 e. The highest BCUT2D eigenvalue weighted by molar-refractivity contribution is 14.1. The summed E-state index contributed by atoms with van der Waals surface area (Å²) in [6, 6.07) is 7.67. The highest BCUT2D eigenvalue weighted by Gasteiger charge is 2.10. The molecule has 0 atom stereocenters. The normalized spacial score (nSPS) is 9.90. The number of aryl methyl sites for hydroxylation is 1. The molecule has 20 heavy (non-hydrogen) atoms. The van der Waals surface area contributed by atoms with Gasteiger partial charge in [-0.15, -0.1) is 22.7 Å². The predicted molar refractivity (Wildman–Crippen MR) is 92.0 cm³/mol. The zero-order chi connectivity index (χ0) is 14.4. The number of carbonyl (C=O) groups is 1. The van der Waals surface area contributed by atoms with Crippen LogP contribution in [0.25, 0.3) is 10.8 Å². The zero-order valence-corrected chi connectivity index (χ0v) is 14.5. The minimum atomic E-state index is 0.749. The van der Waals surface area contributed by atoms with Gasteiger partial charge in [-0.25, -0.2) is 4.98 Å². The smallest absolute Gasteiger partial charge is 0.236 e. The van der Waals surface area contributed by atoms with Crippen LogP contribution in [0.4, 0.5) is 0 Å². The number of hydrogen-bond donors (Lipinski definition) is 0. The van der Waals surface area contributed by atoms with Crippen molar-refractivity contribution < 1.29 is 9.21 Å². The zero-order valence-electron chi connectivity index (χ0n) is 10.7. The second-order valence-corrected chi connectivity index (χ2v) is 6.46. The summed E-state index contributed by atoms with van der Waals surface area (Å²) in [5.41, 5.74) is 1.05. The topological polar surface area (TPSA) is 43.1 Å². The van der Waals surface area contributed by atoms with Gasteiger partial charge in [-0.1, -0.05) is 34.7 Å². The molecule has 0 saturated heterocycles. The van der Waals surface area contributed by atoms with Gasteiger partial charge in [0.2, 0.25) is 5.89 Å². The molecule has 6 heteroatoms. The van der Waals surface area contributed by atoms with Crippen LogP contribution in [0.15, 0.2) is 39.4 Å². The van der Waals surface area contributed by atoms with Crippen LogP contribution in [0.5, 0.6) is 0 Å². The van der Waals surface area contributed by atoms with Crippen LogP contribution in [-0.2, 0) is 4.43 Å². The van der Waals surface area contributed by atoms with E-state index in [4.69, 9.17) is 4.42 Å². The Morgan fingerprint density at radius 2 is 2.05 bits per heavy atom. The van der Waals surface area contributed by atoms with E-state index in [0.717, 1.165) is 37.8 Å². The third kappa shape index (κ3) is 4.00. The van der Waals surface area contributed by atoms with Crippen LogP contribution >= 0.6 is 45.3 Å². The second-order valence-electron chi connectivity index (χ2n) is 3.77. The molecule has 0 saturated carbocycles. The molecule has 3 aromatic rings.